The first-order valence-electron chi connectivity index (χ1n) is 7.39. The first-order chi connectivity index (χ1) is 9.93. The number of carboxylic acid groups (broad SMARTS) is 1. The third-order valence-electron chi connectivity index (χ3n) is 3.59. The van der Waals surface area contributed by atoms with Gasteiger partial charge in [0.1, 0.15) is 0 Å². The topological polar surface area (TPSA) is 90.0 Å². The molecule has 1 atom stereocenters. The quantitative estimate of drug-likeness (QED) is 0.677. The highest BCUT2D eigenvalue weighted by Gasteiger charge is 2.27. The van der Waals surface area contributed by atoms with Crippen LogP contribution >= 0.6 is 0 Å². The number of rotatable bonds is 7. The predicted octanol–water partition coefficient (Wildman–Crippen LogP) is -0.232. The Hall–Kier alpha value is -1.63. The molecule has 2 N–H and O–H groups in total. The number of carboxylic acids is 1. The molecule has 0 saturated carbocycles. The van der Waals surface area contributed by atoms with Crippen LogP contribution in [0.5, 0.6) is 0 Å². The molecule has 1 rings (SSSR count). The van der Waals surface area contributed by atoms with Gasteiger partial charge in [0.05, 0.1) is 19.0 Å². The Morgan fingerprint density at radius 3 is 2.71 bits per heavy atom. The van der Waals surface area contributed by atoms with Crippen molar-refractivity contribution in [2.24, 2.45) is 5.92 Å². The second-order valence-corrected chi connectivity index (χ2v) is 5.51. The SMILES string of the molecule is CCCNC(=O)CN(C)C(=O)CN1CCCC(C(=O)O)C1. The molecule has 1 unspecified atom stereocenters. The van der Waals surface area contributed by atoms with Gasteiger partial charge in [-0.1, -0.05) is 6.92 Å². The number of amides is 2. The molecule has 0 spiro atoms. The second-order valence-electron chi connectivity index (χ2n) is 5.51. The minimum atomic E-state index is -0.806. The van der Waals surface area contributed by atoms with E-state index in [1.54, 1.807) is 7.05 Å². The first kappa shape index (κ1) is 17.4. The van der Waals surface area contributed by atoms with Gasteiger partial charge in [-0.15, -0.1) is 0 Å². The monoisotopic (exact) mass is 299 g/mol. The van der Waals surface area contributed by atoms with E-state index in [4.69, 9.17) is 5.11 Å². The molecule has 120 valence electrons. The van der Waals surface area contributed by atoms with Crippen molar-refractivity contribution in [1.82, 2.24) is 15.1 Å². The number of nitrogens with one attached hydrogen (secondary N) is 1. The summed E-state index contributed by atoms with van der Waals surface area (Å²) >= 11 is 0. The number of nitrogens with zero attached hydrogens (tertiary/aromatic N) is 2. The molecule has 1 aliphatic heterocycles. The minimum Gasteiger partial charge on any atom is -0.481 e. The Bertz CT molecular complexity index is 386. The van der Waals surface area contributed by atoms with Crippen LogP contribution in [-0.4, -0.2) is 72.5 Å². The minimum absolute atomic E-state index is 0.0367. The zero-order valence-electron chi connectivity index (χ0n) is 12.8. The van der Waals surface area contributed by atoms with Gasteiger partial charge in [-0.2, -0.15) is 0 Å². The van der Waals surface area contributed by atoms with Gasteiger partial charge in [-0.25, -0.2) is 0 Å². The Balaban J connectivity index is 2.37. The van der Waals surface area contributed by atoms with Gasteiger partial charge < -0.3 is 15.3 Å². The average molecular weight is 299 g/mol. The molecule has 1 aliphatic rings. The van der Waals surface area contributed by atoms with E-state index < -0.39 is 11.9 Å². The molecule has 0 aromatic rings. The molecule has 0 aromatic carbocycles. The van der Waals surface area contributed by atoms with Crippen LogP contribution in [0.2, 0.25) is 0 Å². The zero-order chi connectivity index (χ0) is 15.8. The number of likely N-dealkylation sites (tertiary alicyclic amines) is 1. The Kier molecular flexibility index (Phi) is 7.14. The lowest BCUT2D eigenvalue weighted by atomic mass is 9.98. The molecule has 2 amide bonds. The number of likely N-dealkylation sites (N-methyl/N-ethyl adjacent to an activating group) is 1. The fourth-order valence-electron chi connectivity index (χ4n) is 2.34. The Morgan fingerprint density at radius 2 is 2.10 bits per heavy atom. The van der Waals surface area contributed by atoms with Crippen LogP contribution in [0.1, 0.15) is 26.2 Å². The Morgan fingerprint density at radius 1 is 1.38 bits per heavy atom. The number of hydrogen-bond acceptors (Lipinski definition) is 4. The highest BCUT2D eigenvalue weighted by Crippen LogP contribution is 2.16. The lowest BCUT2D eigenvalue weighted by molar-refractivity contribution is -0.144. The van der Waals surface area contributed by atoms with Crippen LogP contribution < -0.4 is 5.32 Å². The summed E-state index contributed by atoms with van der Waals surface area (Å²) in [5, 5.41) is 11.7. The molecule has 7 nitrogen and oxygen atoms in total. The van der Waals surface area contributed by atoms with Gasteiger partial charge in [-0.05, 0) is 25.8 Å². The van der Waals surface area contributed by atoms with E-state index in [9.17, 15) is 14.4 Å². The van der Waals surface area contributed by atoms with Crippen LogP contribution in [-0.2, 0) is 14.4 Å². The number of aliphatic carboxylic acids is 1. The van der Waals surface area contributed by atoms with Crippen LogP contribution in [0.3, 0.4) is 0 Å². The molecule has 1 fully saturated rings. The standard InChI is InChI=1S/C14H25N3O4/c1-3-6-15-12(18)9-16(2)13(19)10-17-7-4-5-11(8-17)14(20)21/h11H,3-10H2,1-2H3,(H,15,18)(H,20,21). The summed E-state index contributed by atoms with van der Waals surface area (Å²) in [6.07, 6.45) is 2.30. The van der Waals surface area contributed by atoms with Crippen LogP contribution in [0, 0.1) is 5.92 Å². The zero-order valence-corrected chi connectivity index (χ0v) is 12.8. The van der Waals surface area contributed by atoms with E-state index in [-0.39, 0.29) is 24.9 Å². The van der Waals surface area contributed by atoms with Crippen molar-refractivity contribution in [2.45, 2.75) is 26.2 Å². The molecule has 1 saturated heterocycles. The van der Waals surface area contributed by atoms with E-state index in [0.717, 1.165) is 19.4 Å². The van der Waals surface area contributed by atoms with Gasteiger partial charge >= 0.3 is 5.97 Å². The van der Waals surface area contributed by atoms with Gasteiger partial charge in [0.25, 0.3) is 0 Å². The number of hydrogen-bond donors (Lipinski definition) is 2. The fraction of sp³-hybridized carbons (Fsp3) is 0.786. The van der Waals surface area contributed by atoms with Crippen LogP contribution in [0.15, 0.2) is 0 Å². The molecular weight excluding hydrogens is 274 g/mol. The smallest absolute Gasteiger partial charge is 0.307 e. The summed E-state index contributed by atoms with van der Waals surface area (Å²) in [7, 11) is 1.59. The van der Waals surface area contributed by atoms with Crippen molar-refractivity contribution in [3.8, 4) is 0 Å². The molecular formula is C14H25N3O4. The van der Waals surface area contributed by atoms with Gasteiger partial charge in [0.15, 0.2) is 0 Å². The maximum atomic E-state index is 12.1. The number of carbonyl (C=O) groups is 3. The van der Waals surface area contributed by atoms with Crippen molar-refractivity contribution >= 4 is 17.8 Å². The summed E-state index contributed by atoms with van der Waals surface area (Å²) in [6.45, 7) is 3.90. The summed E-state index contributed by atoms with van der Waals surface area (Å²) in [5.41, 5.74) is 0. The van der Waals surface area contributed by atoms with Gasteiger partial charge in [-0.3, -0.25) is 19.3 Å². The van der Waals surface area contributed by atoms with Crippen molar-refractivity contribution in [3.63, 3.8) is 0 Å². The van der Waals surface area contributed by atoms with Crippen LogP contribution in [0.4, 0.5) is 0 Å². The third-order valence-corrected chi connectivity index (χ3v) is 3.59. The second kappa shape index (κ2) is 8.61. The van der Waals surface area contributed by atoms with E-state index in [0.29, 0.717) is 19.5 Å². The normalized spacial score (nSPS) is 19.0. The molecule has 7 heteroatoms. The van der Waals surface area contributed by atoms with Crippen LogP contribution in [0.25, 0.3) is 0 Å². The highest BCUT2D eigenvalue weighted by molar-refractivity contribution is 5.85. The summed E-state index contributed by atoms with van der Waals surface area (Å²) in [5.74, 6) is -1.54. The predicted molar refractivity (Wildman–Crippen MR) is 77.7 cm³/mol. The lowest BCUT2D eigenvalue weighted by Crippen LogP contribution is -2.46. The average Bonchev–Trinajstić information content (AvgIpc) is 2.45. The summed E-state index contributed by atoms with van der Waals surface area (Å²) in [6, 6.07) is 0. The van der Waals surface area contributed by atoms with Gasteiger partial charge in [0.2, 0.25) is 11.8 Å². The molecule has 21 heavy (non-hydrogen) atoms. The largest absolute Gasteiger partial charge is 0.481 e. The van der Waals surface area contributed by atoms with Gasteiger partial charge in [0, 0.05) is 20.1 Å². The van der Waals surface area contributed by atoms with E-state index in [2.05, 4.69) is 5.32 Å². The van der Waals surface area contributed by atoms with Crippen molar-refractivity contribution < 1.29 is 19.5 Å². The maximum absolute atomic E-state index is 12.1. The van der Waals surface area contributed by atoms with Crippen molar-refractivity contribution in [3.05, 3.63) is 0 Å². The van der Waals surface area contributed by atoms with E-state index in [1.165, 1.54) is 4.90 Å². The summed E-state index contributed by atoms with van der Waals surface area (Å²) in [4.78, 5) is 37.8. The molecule has 0 bridgehead atoms. The fourth-order valence-corrected chi connectivity index (χ4v) is 2.34. The first-order valence-corrected chi connectivity index (χ1v) is 7.39. The highest BCUT2D eigenvalue weighted by atomic mass is 16.4. The number of piperidine rings is 1. The molecule has 0 radical (unpaired) electrons. The van der Waals surface area contributed by atoms with Crippen molar-refractivity contribution in [2.75, 3.05) is 39.8 Å². The molecule has 0 aliphatic carbocycles. The lowest BCUT2D eigenvalue weighted by Gasteiger charge is -2.31. The Labute approximate surface area is 125 Å². The summed E-state index contributed by atoms with van der Waals surface area (Å²) < 4.78 is 0. The number of carbonyl (C=O) groups excluding carboxylic acids is 2. The van der Waals surface area contributed by atoms with E-state index >= 15 is 0 Å². The van der Waals surface area contributed by atoms with E-state index in [1.807, 2.05) is 11.8 Å². The molecule has 1 heterocycles. The maximum Gasteiger partial charge on any atom is 0.307 e. The van der Waals surface area contributed by atoms with Crippen molar-refractivity contribution in [1.29, 1.82) is 0 Å². The third kappa shape index (κ3) is 6.12. The molecule has 0 aromatic heterocycles.